The number of hydrogen-bond donors (Lipinski definition) is 1. The maximum absolute atomic E-state index is 11.7. The lowest BCUT2D eigenvalue weighted by molar-refractivity contribution is -0.115. The van der Waals surface area contributed by atoms with Gasteiger partial charge in [-0.05, 0) is 43.2 Å². The van der Waals surface area contributed by atoms with Gasteiger partial charge in [0.15, 0.2) is 16.7 Å². The van der Waals surface area contributed by atoms with E-state index in [-0.39, 0.29) is 11.9 Å². The average molecular weight is 410 g/mol. The molecule has 0 fully saturated rings. The van der Waals surface area contributed by atoms with Crippen molar-refractivity contribution in [3.8, 4) is 11.5 Å². The molecule has 8 heteroatoms. The normalized spacial score (nSPS) is 18.7. The molecular weight excluding hydrogens is 388 g/mol. The molecule has 2 heterocycles. The number of nitrogen functional groups attached to an aromatic ring is 1. The molecule has 0 saturated carbocycles. The van der Waals surface area contributed by atoms with Crippen LogP contribution in [0.1, 0.15) is 23.6 Å². The molecule has 7 nitrogen and oxygen atoms in total. The summed E-state index contributed by atoms with van der Waals surface area (Å²) in [6.45, 7) is 2.07. The number of fused-ring (bicyclic) bond motifs is 1. The van der Waals surface area contributed by atoms with E-state index in [1.54, 1.807) is 14.2 Å². The molecule has 2 N–H and O–H groups in total. The van der Waals surface area contributed by atoms with E-state index in [4.69, 9.17) is 20.3 Å². The van der Waals surface area contributed by atoms with Crippen LogP contribution in [-0.2, 0) is 11.2 Å². The Hall–Kier alpha value is -3.00. The lowest BCUT2D eigenvalue weighted by Gasteiger charge is -2.24. The summed E-state index contributed by atoms with van der Waals surface area (Å²) < 4.78 is 11.0. The first-order valence-electron chi connectivity index (χ1n) is 9.23. The Bertz CT molecular complexity index is 1020. The minimum Gasteiger partial charge on any atom is -0.493 e. The molecular formula is C21H22N4O3S. The van der Waals surface area contributed by atoms with E-state index in [1.807, 2.05) is 41.4 Å². The third-order valence-corrected chi connectivity index (χ3v) is 5.86. The Morgan fingerprint density at radius 2 is 1.83 bits per heavy atom. The number of hydrogen-bond acceptors (Lipinski definition) is 7. The van der Waals surface area contributed by atoms with Gasteiger partial charge in [0, 0.05) is 16.8 Å². The molecule has 2 aliphatic heterocycles. The number of ether oxygens (including phenoxy) is 2. The molecule has 0 saturated heterocycles. The molecule has 0 spiro atoms. The Morgan fingerprint density at radius 1 is 1.14 bits per heavy atom. The van der Waals surface area contributed by atoms with Crippen molar-refractivity contribution < 1.29 is 14.3 Å². The van der Waals surface area contributed by atoms with Gasteiger partial charge in [-0.15, -0.1) is 0 Å². The van der Waals surface area contributed by atoms with Crippen LogP contribution < -0.4 is 15.2 Å². The SMILES string of the molecule is COc1cc2c(cc1OC)C(c1ccc(N)cc1)=NN(C1=NC(=O)CS1)C(C)C2. The molecule has 1 unspecified atom stereocenters. The largest absolute Gasteiger partial charge is 0.493 e. The fraction of sp³-hybridized carbons (Fsp3) is 0.286. The highest BCUT2D eigenvalue weighted by Crippen LogP contribution is 2.35. The van der Waals surface area contributed by atoms with E-state index in [9.17, 15) is 4.79 Å². The molecule has 29 heavy (non-hydrogen) atoms. The van der Waals surface area contributed by atoms with Gasteiger partial charge in [0.1, 0.15) is 0 Å². The van der Waals surface area contributed by atoms with Gasteiger partial charge < -0.3 is 15.2 Å². The average Bonchev–Trinajstić information content (AvgIpc) is 3.09. The maximum Gasteiger partial charge on any atom is 0.258 e. The quantitative estimate of drug-likeness (QED) is 0.783. The van der Waals surface area contributed by atoms with E-state index in [0.29, 0.717) is 34.5 Å². The van der Waals surface area contributed by atoms with Crippen molar-refractivity contribution in [2.45, 2.75) is 19.4 Å². The van der Waals surface area contributed by atoms with Crippen LogP contribution in [0.15, 0.2) is 46.5 Å². The van der Waals surface area contributed by atoms with Gasteiger partial charge in [-0.25, -0.2) is 5.01 Å². The summed E-state index contributed by atoms with van der Waals surface area (Å²) in [5.74, 6) is 1.52. The molecule has 0 aliphatic carbocycles. The standard InChI is InChI=1S/C21H22N4O3S/c1-12-8-14-9-17(27-2)18(28-3)10-16(14)20(13-4-6-15(22)7-5-13)24-25(12)21-23-19(26)11-29-21/h4-7,9-10,12H,8,11,22H2,1-3H3. The van der Waals surface area contributed by atoms with Gasteiger partial charge in [-0.3, -0.25) is 4.79 Å². The van der Waals surface area contributed by atoms with Gasteiger partial charge in [-0.1, -0.05) is 23.9 Å². The number of rotatable bonds is 3. The molecule has 1 atom stereocenters. The Kier molecular flexibility index (Phi) is 5.19. The number of nitrogens with zero attached hydrogens (tertiary/aromatic N) is 3. The van der Waals surface area contributed by atoms with Crippen LogP contribution in [0.3, 0.4) is 0 Å². The van der Waals surface area contributed by atoms with Crippen LogP contribution in [0.5, 0.6) is 11.5 Å². The minimum atomic E-state index is -0.133. The number of hydrazone groups is 1. The molecule has 1 amide bonds. The third-order valence-electron chi connectivity index (χ3n) is 4.93. The zero-order valence-electron chi connectivity index (χ0n) is 16.5. The number of nitrogens with two attached hydrogens (primary N) is 1. The highest BCUT2D eigenvalue weighted by molar-refractivity contribution is 8.14. The Balaban J connectivity index is 1.91. The fourth-order valence-electron chi connectivity index (χ4n) is 3.48. The summed E-state index contributed by atoms with van der Waals surface area (Å²) in [6, 6.07) is 11.5. The number of aliphatic imine (C=N–C) groups is 1. The second-order valence-electron chi connectivity index (χ2n) is 6.91. The number of anilines is 1. The van der Waals surface area contributed by atoms with Gasteiger partial charge >= 0.3 is 0 Å². The number of carbonyl (C=O) groups excluding carboxylic acids is 1. The summed E-state index contributed by atoms with van der Waals surface area (Å²) in [7, 11) is 3.24. The zero-order chi connectivity index (χ0) is 20.5. The van der Waals surface area contributed by atoms with Crippen LogP contribution in [-0.4, -0.2) is 47.8 Å². The first-order chi connectivity index (χ1) is 14.0. The van der Waals surface area contributed by atoms with Crippen molar-refractivity contribution in [2.24, 2.45) is 10.1 Å². The van der Waals surface area contributed by atoms with Crippen LogP contribution in [0.25, 0.3) is 0 Å². The minimum absolute atomic E-state index is 0.00952. The highest BCUT2D eigenvalue weighted by atomic mass is 32.2. The molecule has 2 aromatic rings. The predicted molar refractivity (Wildman–Crippen MR) is 116 cm³/mol. The molecule has 0 bridgehead atoms. The van der Waals surface area contributed by atoms with Crippen molar-refractivity contribution in [1.29, 1.82) is 0 Å². The van der Waals surface area contributed by atoms with E-state index in [2.05, 4.69) is 11.9 Å². The van der Waals surface area contributed by atoms with E-state index in [1.165, 1.54) is 11.8 Å². The van der Waals surface area contributed by atoms with Crippen LogP contribution in [0.4, 0.5) is 5.69 Å². The number of benzene rings is 2. The van der Waals surface area contributed by atoms with E-state index in [0.717, 1.165) is 22.4 Å². The number of amidine groups is 1. The van der Waals surface area contributed by atoms with Gasteiger partial charge in [0.05, 0.1) is 31.7 Å². The van der Waals surface area contributed by atoms with Gasteiger partial charge in [0.2, 0.25) is 0 Å². The van der Waals surface area contributed by atoms with Crippen LogP contribution in [0, 0.1) is 0 Å². The first-order valence-corrected chi connectivity index (χ1v) is 10.2. The number of amides is 1. The molecule has 0 radical (unpaired) electrons. The van der Waals surface area contributed by atoms with Crippen molar-refractivity contribution in [3.05, 3.63) is 53.1 Å². The number of carbonyl (C=O) groups is 1. The van der Waals surface area contributed by atoms with Gasteiger partial charge in [0.25, 0.3) is 5.91 Å². The molecule has 2 aliphatic rings. The fourth-order valence-corrected chi connectivity index (χ4v) is 4.31. The lowest BCUT2D eigenvalue weighted by Crippen LogP contribution is -2.33. The van der Waals surface area contributed by atoms with E-state index < -0.39 is 0 Å². The smallest absolute Gasteiger partial charge is 0.258 e. The molecule has 150 valence electrons. The topological polar surface area (TPSA) is 89.5 Å². The predicted octanol–water partition coefficient (Wildman–Crippen LogP) is 2.91. The van der Waals surface area contributed by atoms with E-state index >= 15 is 0 Å². The summed E-state index contributed by atoms with van der Waals surface area (Å²) >= 11 is 1.41. The highest BCUT2D eigenvalue weighted by Gasteiger charge is 2.30. The van der Waals surface area contributed by atoms with Crippen molar-refractivity contribution in [1.82, 2.24) is 5.01 Å². The number of methoxy groups -OCH3 is 2. The lowest BCUT2D eigenvalue weighted by atomic mass is 9.94. The second kappa shape index (κ2) is 7.79. The number of thioether (sulfide) groups is 1. The van der Waals surface area contributed by atoms with Crippen LogP contribution >= 0.6 is 11.8 Å². The van der Waals surface area contributed by atoms with Crippen LogP contribution in [0.2, 0.25) is 0 Å². The Morgan fingerprint density at radius 3 is 2.45 bits per heavy atom. The summed E-state index contributed by atoms with van der Waals surface area (Å²) in [6.07, 6.45) is 0.714. The summed E-state index contributed by atoms with van der Waals surface area (Å²) in [5, 5.41) is 7.43. The third kappa shape index (κ3) is 3.67. The monoisotopic (exact) mass is 410 g/mol. The molecule has 0 aromatic heterocycles. The van der Waals surface area contributed by atoms with Crippen molar-refractivity contribution in [3.63, 3.8) is 0 Å². The summed E-state index contributed by atoms with van der Waals surface area (Å²) in [4.78, 5) is 15.9. The second-order valence-corrected chi connectivity index (χ2v) is 7.85. The van der Waals surface area contributed by atoms with Gasteiger partial charge in [-0.2, -0.15) is 10.1 Å². The summed E-state index contributed by atoms with van der Waals surface area (Å²) in [5.41, 5.74) is 10.3. The zero-order valence-corrected chi connectivity index (χ0v) is 17.3. The molecule has 4 rings (SSSR count). The van der Waals surface area contributed by atoms with Crippen molar-refractivity contribution >= 4 is 34.2 Å². The van der Waals surface area contributed by atoms with Crippen molar-refractivity contribution in [2.75, 3.05) is 25.7 Å². The first kappa shape index (κ1) is 19.3. The maximum atomic E-state index is 11.7. The molecule has 2 aromatic carbocycles. The Labute approximate surface area is 173 Å².